The minimum absolute atomic E-state index is 0.544. The number of halogens is 2. The largest absolute Gasteiger partial charge is 0.383 e. The maximum Gasteiger partial charge on any atom is 0.171 e. The highest BCUT2D eigenvalue weighted by atomic mass is 127. The standard InChI is InChI=1S/C9H7BrIN3S/c1-4-7(11)8(12)14-9(13-4)5-2-3-6(10)15-5/h2-3H,1H3,(H2,12,13,14). The lowest BCUT2D eigenvalue weighted by atomic mass is 10.4. The molecule has 2 aromatic rings. The fourth-order valence-electron chi connectivity index (χ4n) is 1.13. The molecule has 0 aromatic carbocycles. The SMILES string of the molecule is Cc1nc(-c2ccc(Br)s2)nc(N)c1I. The molecular weight excluding hydrogens is 389 g/mol. The van der Waals surface area contributed by atoms with Crippen molar-refractivity contribution in [2.24, 2.45) is 0 Å². The summed E-state index contributed by atoms with van der Waals surface area (Å²) in [6.07, 6.45) is 0. The van der Waals surface area contributed by atoms with E-state index in [4.69, 9.17) is 5.73 Å². The van der Waals surface area contributed by atoms with E-state index < -0.39 is 0 Å². The highest BCUT2D eigenvalue weighted by Gasteiger charge is 2.09. The zero-order chi connectivity index (χ0) is 11.0. The van der Waals surface area contributed by atoms with Gasteiger partial charge in [0.05, 0.1) is 17.9 Å². The number of nitrogens with two attached hydrogens (primary N) is 1. The molecule has 15 heavy (non-hydrogen) atoms. The molecular formula is C9H7BrIN3S. The Morgan fingerprint density at radius 3 is 2.67 bits per heavy atom. The van der Waals surface area contributed by atoms with Crippen LogP contribution in [0.25, 0.3) is 10.7 Å². The second-order valence-electron chi connectivity index (χ2n) is 2.94. The second kappa shape index (κ2) is 4.34. The minimum Gasteiger partial charge on any atom is -0.383 e. The summed E-state index contributed by atoms with van der Waals surface area (Å²) in [5.74, 6) is 1.24. The van der Waals surface area contributed by atoms with Gasteiger partial charge in [0.1, 0.15) is 5.82 Å². The van der Waals surface area contributed by atoms with Crippen molar-refractivity contribution in [3.63, 3.8) is 0 Å². The van der Waals surface area contributed by atoms with Gasteiger partial charge in [0.25, 0.3) is 0 Å². The van der Waals surface area contributed by atoms with E-state index in [0.29, 0.717) is 11.6 Å². The molecule has 0 bridgehead atoms. The third kappa shape index (κ3) is 2.31. The van der Waals surface area contributed by atoms with Crippen molar-refractivity contribution in [3.8, 4) is 10.7 Å². The first-order valence-corrected chi connectivity index (χ1v) is 6.82. The van der Waals surface area contributed by atoms with Gasteiger partial charge in [-0.1, -0.05) is 0 Å². The Morgan fingerprint density at radius 1 is 1.40 bits per heavy atom. The van der Waals surface area contributed by atoms with Crippen LogP contribution in [0.3, 0.4) is 0 Å². The summed E-state index contributed by atoms with van der Waals surface area (Å²) in [6.45, 7) is 1.94. The van der Waals surface area contributed by atoms with Crippen LogP contribution in [0.5, 0.6) is 0 Å². The van der Waals surface area contributed by atoms with Gasteiger partial charge in [0.15, 0.2) is 5.82 Å². The molecule has 2 rings (SSSR count). The lowest BCUT2D eigenvalue weighted by molar-refractivity contribution is 1.11. The van der Waals surface area contributed by atoms with E-state index in [1.54, 1.807) is 11.3 Å². The van der Waals surface area contributed by atoms with Crippen molar-refractivity contribution in [2.45, 2.75) is 6.92 Å². The molecule has 0 unspecified atom stereocenters. The highest BCUT2D eigenvalue weighted by molar-refractivity contribution is 14.1. The molecule has 0 atom stereocenters. The van der Waals surface area contributed by atoms with Crippen LogP contribution >= 0.6 is 49.9 Å². The number of nitrogens with zero attached hydrogens (tertiary/aromatic N) is 2. The van der Waals surface area contributed by atoms with Crippen LogP contribution in [0.15, 0.2) is 15.9 Å². The Kier molecular flexibility index (Phi) is 3.27. The molecule has 2 heterocycles. The summed E-state index contributed by atoms with van der Waals surface area (Å²) < 4.78 is 1.99. The van der Waals surface area contributed by atoms with Gasteiger partial charge in [-0.3, -0.25) is 0 Å². The third-order valence-corrected chi connectivity index (χ3v) is 4.79. The molecule has 6 heteroatoms. The van der Waals surface area contributed by atoms with Gasteiger partial charge in [-0.25, -0.2) is 9.97 Å². The van der Waals surface area contributed by atoms with E-state index in [1.165, 1.54) is 0 Å². The Balaban J connectivity index is 2.55. The number of nitrogen functional groups attached to an aromatic ring is 1. The Hall–Kier alpha value is -0.210. The monoisotopic (exact) mass is 395 g/mol. The Bertz CT molecular complexity index is 489. The van der Waals surface area contributed by atoms with Gasteiger partial charge in [-0.2, -0.15) is 0 Å². The second-order valence-corrected chi connectivity index (χ2v) is 6.48. The van der Waals surface area contributed by atoms with Crippen LogP contribution < -0.4 is 5.73 Å². The first-order chi connectivity index (χ1) is 7.08. The van der Waals surface area contributed by atoms with E-state index >= 15 is 0 Å². The maximum atomic E-state index is 5.80. The van der Waals surface area contributed by atoms with E-state index in [-0.39, 0.29) is 0 Å². The van der Waals surface area contributed by atoms with Crippen molar-refractivity contribution in [1.29, 1.82) is 0 Å². The quantitative estimate of drug-likeness (QED) is 0.752. The van der Waals surface area contributed by atoms with Crippen LogP contribution in [0, 0.1) is 10.5 Å². The first-order valence-electron chi connectivity index (χ1n) is 4.13. The van der Waals surface area contributed by atoms with Crippen LogP contribution in [-0.2, 0) is 0 Å². The minimum atomic E-state index is 0.544. The first kappa shape index (κ1) is 11.3. The third-order valence-electron chi connectivity index (χ3n) is 1.84. The van der Waals surface area contributed by atoms with Gasteiger partial charge >= 0.3 is 0 Å². The smallest absolute Gasteiger partial charge is 0.171 e. The lowest BCUT2D eigenvalue weighted by Crippen LogP contribution is -2.01. The molecule has 2 aromatic heterocycles. The van der Waals surface area contributed by atoms with Crippen molar-refractivity contribution < 1.29 is 0 Å². The van der Waals surface area contributed by atoms with Gasteiger partial charge in [0.2, 0.25) is 0 Å². The average molecular weight is 396 g/mol. The zero-order valence-corrected chi connectivity index (χ0v) is 12.4. The molecule has 0 aliphatic heterocycles. The van der Waals surface area contributed by atoms with Crippen molar-refractivity contribution in [3.05, 3.63) is 25.2 Å². The molecule has 0 spiro atoms. The van der Waals surface area contributed by atoms with Gasteiger partial charge < -0.3 is 5.73 Å². The van der Waals surface area contributed by atoms with Gasteiger partial charge in [0, 0.05) is 0 Å². The Morgan fingerprint density at radius 2 is 2.13 bits per heavy atom. The zero-order valence-electron chi connectivity index (χ0n) is 7.79. The number of anilines is 1. The summed E-state index contributed by atoms with van der Waals surface area (Å²) in [6, 6.07) is 3.96. The molecule has 78 valence electrons. The molecule has 0 saturated heterocycles. The van der Waals surface area contributed by atoms with E-state index in [0.717, 1.165) is 17.9 Å². The molecule has 0 amide bonds. The predicted octanol–water partition coefficient (Wildman–Crippen LogP) is 3.46. The van der Waals surface area contributed by atoms with Crippen molar-refractivity contribution in [1.82, 2.24) is 9.97 Å². The van der Waals surface area contributed by atoms with Crippen molar-refractivity contribution in [2.75, 3.05) is 5.73 Å². The van der Waals surface area contributed by atoms with E-state index in [2.05, 4.69) is 48.5 Å². The average Bonchev–Trinajstić information content (AvgIpc) is 2.60. The molecule has 0 aliphatic carbocycles. The number of rotatable bonds is 1. The number of aryl methyl sites for hydroxylation is 1. The van der Waals surface area contributed by atoms with E-state index in [1.807, 2.05) is 19.1 Å². The molecule has 0 aliphatic rings. The van der Waals surface area contributed by atoms with E-state index in [9.17, 15) is 0 Å². The maximum absolute atomic E-state index is 5.80. The number of hydrogen-bond donors (Lipinski definition) is 1. The van der Waals surface area contributed by atoms with Crippen molar-refractivity contribution >= 4 is 55.7 Å². The molecule has 2 N–H and O–H groups in total. The van der Waals surface area contributed by atoms with Crippen LogP contribution in [-0.4, -0.2) is 9.97 Å². The van der Waals surface area contributed by atoms with Gasteiger partial charge in [-0.05, 0) is 57.6 Å². The number of aromatic nitrogens is 2. The van der Waals surface area contributed by atoms with Gasteiger partial charge in [-0.15, -0.1) is 11.3 Å². The predicted molar refractivity (Wildman–Crippen MR) is 74.9 cm³/mol. The normalized spacial score (nSPS) is 10.6. The highest BCUT2D eigenvalue weighted by Crippen LogP contribution is 2.30. The van der Waals surface area contributed by atoms with Crippen LogP contribution in [0.2, 0.25) is 0 Å². The Labute approximate surface area is 113 Å². The number of hydrogen-bond acceptors (Lipinski definition) is 4. The fourth-order valence-corrected chi connectivity index (χ4v) is 2.69. The van der Waals surface area contributed by atoms with Crippen LogP contribution in [0.1, 0.15) is 5.69 Å². The summed E-state index contributed by atoms with van der Waals surface area (Å²) >= 11 is 7.16. The molecule has 0 fully saturated rings. The molecule has 0 saturated carbocycles. The summed E-state index contributed by atoms with van der Waals surface area (Å²) in [4.78, 5) is 9.70. The lowest BCUT2D eigenvalue weighted by Gasteiger charge is -2.03. The summed E-state index contributed by atoms with van der Waals surface area (Å²) in [7, 11) is 0. The molecule has 0 radical (unpaired) electrons. The molecule has 3 nitrogen and oxygen atoms in total. The summed E-state index contributed by atoms with van der Waals surface area (Å²) in [5, 5.41) is 0. The van der Waals surface area contributed by atoms with Crippen LogP contribution in [0.4, 0.5) is 5.82 Å². The fraction of sp³-hybridized carbons (Fsp3) is 0.111. The number of thiophene rings is 1. The summed E-state index contributed by atoms with van der Waals surface area (Å²) in [5.41, 5.74) is 6.72. The topological polar surface area (TPSA) is 51.8 Å².